The van der Waals surface area contributed by atoms with E-state index in [4.69, 9.17) is 0 Å². The predicted molar refractivity (Wildman–Crippen MR) is 87.5 cm³/mol. The predicted octanol–water partition coefficient (Wildman–Crippen LogP) is 3.26. The number of para-hydroxylation sites is 1. The van der Waals surface area contributed by atoms with Gasteiger partial charge in [0.15, 0.2) is 5.69 Å². The molecule has 0 aliphatic carbocycles. The Morgan fingerprint density at radius 1 is 1.48 bits per heavy atom. The molecule has 4 nitrogen and oxygen atoms in total. The number of nitrogens with zero attached hydrogens (tertiary/aromatic N) is 2. The van der Waals surface area contributed by atoms with Crippen LogP contribution in [0.4, 0.5) is 5.69 Å². The number of benzene rings is 1. The Kier molecular flexibility index (Phi) is 4.01. The smallest absolute Gasteiger partial charge is 0.354 e. The molecule has 1 aromatic carbocycles. The highest BCUT2D eigenvalue weighted by Crippen LogP contribution is 2.31. The first-order valence-electron chi connectivity index (χ1n) is 7.18. The number of aromatic nitrogens is 1. The maximum Gasteiger partial charge on any atom is 0.354 e. The second kappa shape index (κ2) is 5.93. The lowest BCUT2D eigenvalue weighted by molar-refractivity contribution is 0.0691. The van der Waals surface area contributed by atoms with Gasteiger partial charge in [0.05, 0.1) is 5.52 Å². The molecule has 0 radical (unpaired) electrons. The van der Waals surface area contributed by atoms with Gasteiger partial charge in [-0.2, -0.15) is 11.8 Å². The number of aromatic carboxylic acids is 1. The molecule has 0 spiro atoms. The third-order valence-electron chi connectivity index (χ3n) is 3.85. The molecule has 5 heteroatoms. The Hall–Kier alpha value is -1.75. The number of rotatable bonds is 3. The van der Waals surface area contributed by atoms with Crippen molar-refractivity contribution in [3.05, 3.63) is 36.0 Å². The van der Waals surface area contributed by atoms with Crippen molar-refractivity contribution in [3.63, 3.8) is 0 Å². The van der Waals surface area contributed by atoms with Gasteiger partial charge in [0, 0.05) is 35.2 Å². The van der Waals surface area contributed by atoms with Crippen LogP contribution in [-0.4, -0.2) is 40.2 Å². The normalized spacial score (nSPS) is 18.9. The number of thioether (sulfide) groups is 1. The number of anilines is 1. The maximum atomic E-state index is 11.3. The Morgan fingerprint density at radius 2 is 2.29 bits per heavy atom. The molecule has 3 rings (SSSR count). The summed E-state index contributed by atoms with van der Waals surface area (Å²) in [4.78, 5) is 17.9. The van der Waals surface area contributed by atoms with Crippen LogP contribution in [-0.2, 0) is 0 Å². The van der Waals surface area contributed by atoms with Gasteiger partial charge in [0.25, 0.3) is 0 Å². The molecule has 2 aromatic rings. The molecule has 1 unspecified atom stereocenters. The van der Waals surface area contributed by atoms with Crippen LogP contribution in [0.1, 0.15) is 23.8 Å². The lowest BCUT2D eigenvalue weighted by Crippen LogP contribution is -2.37. The largest absolute Gasteiger partial charge is 0.477 e. The van der Waals surface area contributed by atoms with Crippen molar-refractivity contribution in [2.24, 2.45) is 0 Å². The van der Waals surface area contributed by atoms with Crippen molar-refractivity contribution in [2.75, 3.05) is 23.7 Å². The molecule has 0 bridgehead atoms. The highest BCUT2D eigenvalue weighted by Gasteiger charge is 2.22. The lowest BCUT2D eigenvalue weighted by atomic mass is 10.1. The zero-order valence-electron chi connectivity index (χ0n) is 12.0. The number of carboxylic acid groups (broad SMARTS) is 1. The number of hydrogen-bond acceptors (Lipinski definition) is 4. The van der Waals surface area contributed by atoms with E-state index in [-0.39, 0.29) is 5.69 Å². The quantitative estimate of drug-likeness (QED) is 0.943. The minimum absolute atomic E-state index is 0.120. The van der Waals surface area contributed by atoms with Gasteiger partial charge in [-0.3, -0.25) is 0 Å². The van der Waals surface area contributed by atoms with Gasteiger partial charge in [-0.25, -0.2) is 9.78 Å². The average Bonchev–Trinajstić information content (AvgIpc) is 2.53. The van der Waals surface area contributed by atoms with Gasteiger partial charge in [0.2, 0.25) is 0 Å². The summed E-state index contributed by atoms with van der Waals surface area (Å²) >= 11 is 2.00. The molecule has 1 N–H and O–H groups in total. The van der Waals surface area contributed by atoms with Gasteiger partial charge in [-0.1, -0.05) is 25.1 Å². The topological polar surface area (TPSA) is 53.4 Å². The first kappa shape index (κ1) is 14.2. The first-order chi connectivity index (χ1) is 10.2. The molecular formula is C16H18N2O2S. The molecule has 1 aliphatic heterocycles. The zero-order chi connectivity index (χ0) is 14.8. The van der Waals surface area contributed by atoms with Crippen LogP contribution in [0.3, 0.4) is 0 Å². The molecule has 0 amide bonds. The van der Waals surface area contributed by atoms with Crippen LogP contribution in [0.25, 0.3) is 10.9 Å². The second-order valence-electron chi connectivity index (χ2n) is 5.20. The molecule has 1 saturated heterocycles. The van der Waals surface area contributed by atoms with Gasteiger partial charge >= 0.3 is 5.97 Å². The van der Waals surface area contributed by atoms with Crippen LogP contribution in [0, 0.1) is 0 Å². The summed E-state index contributed by atoms with van der Waals surface area (Å²) in [5.74, 6) is 0.109. The third-order valence-corrected chi connectivity index (χ3v) is 5.22. The van der Waals surface area contributed by atoms with Gasteiger partial charge in [-0.05, 0) is 18.6 Å². The van der Waals surface area contributed by atoms with E-state index in [1.165, 1.54) is 0 Å². The summed E-state index contributed by atoms with van der Waals surface area (Å²) in [6, 6.07) is 9.48. The van der Waals surface area contributed by atoms with E-state index in [2.05, 4.69) is 16.8 Å². The number of carboxylic acids is 1. The monoisotopic (exact) mass is 302 g/mol. The van der Waals surface area contributed by atoms with Gasteiger partial charge in [-0.15, -0.1) is 0 Å². The Labute approximate surface area is 128 Å². The summed E-state index contributed by atoms with van der Waals surface area (Å²) in [6.07, 6.45) is 1.13. The van der Waals surface area contributed by atoms with Crippen molar-refractivity contribution in [2.45, 2.75) is 18.6 Å². The third kappa shape index (κ3) is 2.83. The Balaban J connectivity index is 2.09. The van der Waals surface area contributed by atoms with E-state index >= 15 is 0 Å². The molecule has 1 aromatic heterocycles. The minimum Gasteiger partial charge on any atom is -0.477 e. The van der Waals surface area contributed by atoms with Crippen molar-refractivity contribution < 1.29 is 9.90 Å². The average molecular weight is 302 g/mol. The standard InChI is InChI=1S/C16H18N2O2S/c1-2-11-10-18(7-8-21-11)15-9-14(16(19)20)17-13-6-4-3-5-12(13)15/h3-6,9,11H,2,7-8,10H2,1H3,(H,19,20). The fourth-order valence-corrected chi connectivity index (χ4v) is 3.89. The highest BCUT2D eigenvalue weighted by atomic mass is 32.2. The number of fused-ring (bicyclic) bond motifs is 1. The molecule has 0 saturated carbocycles. The van der Waals surface area contributed by atoms with Crippen LogP contribution in [0.5, 0.6) is 0 Å². The second-order valence-corrected chi connectivity index (χ2v) is 6.60. The fraction of sp³-hybridized carbons (Fsp3) is 0.375. The summed E-state index contributed by atoms with van der Waals surface area (Å²) in [5.41, 5.74) is 1.87. The molecule has 110 valence electrons. The number of hydrogen-bond donors (Lipinski definition) is 1. The van der Waals surface area contributed by atoms with Crippen LogP contribution >= 0.6 is 11.8 Å². The molecule has 2 heterocycles. The first-order valence-corrected chi connectivity index (χ1v) is 8.23. The molecule has 1 atom stereocenters. The minimum atomic E-state index is -0.972. The van der Waals surface area contributed by atoms with E-state index in [9.17, 15) is 9.90 Å². The lowest BCUT2D eigenvalue weighted by Gasteiger charge is -2.34. The molecule has 21 heavy (non-hydrogen) atoms. The summed E-state index contributed by atoms with van der Waals surface area (Å²) < 4.78 is 0. The molecular weight excluding hydrogens is 284 g/mol. The van der Waals surface area contributed by atoms with Crippen molar-refractivity contribution in [1.82, 2.24) is 4.98 Å². The van der Waals surface area contributed by atoms with Crippen molar-refractivity contribution >= 4 is 34.3 Å². The van der Waals surface area contributed by atoms with E-state index in [1.54, 1.807) is 6.07 Å². The van der Waals surface area contributed by atoms with E-state index in [0.29, 0.717) is 5.25 Å². The molecule has 1 fully saturated rings. The fourth-order valence-electron chi connectivity index (χ4n) is 2.71. The van der Waals surface area contributed by atoms with Crippen LogP contribution < -0.4 is 4.90 Å². The zero-order valence-corrected chi connectivity index (χ0v) is 12.8. The molecule has 1 aliphatic rings. The summed E-state index contributed by atoms with van der Waals surface area (Å²) in [6.45, 7) is 4.12. The Morgan fingerprint density at radius 3 is 3.05 bits per heavy atom. The van der Waals surface area contributed by atoms with Gasteiger partial charge < -0.3 is 10.0 Å². The maximum absolute atomic E-state index is 11.3. The van der Waals surface area contributed by atoms with E-state index in [1.807, 2.05) is 36.0 Å². The van der Waals surface area contributed by atoms with Crippen LogP contribution in [0.15, 0.2) is 30.3 Å². The van der Waals surface area contributed by atoms with Crippen molar-refractivity contribution in [1.29, 1.82) is 0 Å². The van der Waals surface area contributed by atoms with Gasteiger partial charge in [0.1, 0.15) is 0 Å². The van der Waals surface area contributed by atoms with E-state index < -0.39 is 5.97 Å². The van der Waals surface area contributed by atoms with E-state index in [0.717, 1.165) is 41.9 Å². The SMILES string of the molecule is CCC1CN(c2cc(C(=O)O)nc3ccccc23)CCS1. The summed E-state index contributed by atoms with van der Waals surface area (Å²) in [7, 11) is 0. The summed E-state index contributed by atoms with van der Waals surface area (Å²) in [5, 5.41) is 10.9. The Bertz CT molecular complexity index is 674. The highest BCUT2D eigenvalue weighted by molar-refractivity contribution is 8.00. The van der Waals surface area contributed by atoms with Crippen LogP contribution in [0.2, 0.25) is 0 Å². The number of carbonyl (C=O) groups is 1. The number of pyridine rings is 1. The van der Waals surface area contributed by atoms with Crippen molar-refractivity contribution in [3.8, 4) is 0 Å².